The predicted molar refractivity (Wildman–Crippen MR) is 115 cm³/mol. The van der Waals surface area contributed by atoms with E-state index in [-0.39, 0.29) is 17.7 Å². The van der Waals surface area contributed by atoms with Gasteiger partial charge in [0.1, 0.15) is 11.1 Å². The highest BCUT2D eigenvalue weighted by atomic mass is 32.1. The van der Waals surface area contributed by atoms with E-state index in [4.69, 9.17) is 5.21 Å². The highest BCUT2D eigenvalue weighted by Crippen LogP contribution is 2.40. The first kappa shape index (κ1) is 23.1. The molecule has 7 nitrogen and oxygen atoms in total. The summed E-state index contributed by atoms with van der Waals surface area (Å²) in [5, 5.41) is 40.6. The number of hydroxylamine groups is 1. The molecule has 3 rings (SSSR count). The van der Waals surface area contributed by atoms with Gasteiger partial charge in [-0.2, -0.15) is 0 Å². The molecule has 5 N–H and O–H groups in total. The Hall–Kier alpha value is -1.58. The van der Waals surface area contributed by atoms with Crippen LogP contribution in [0.5, 0.6) is 0 Å². The van der Waals surface area contributed by atoms with Crippen molar-refractivity contribution < 1.29 is 25.3 Å². The van der Waals surface area contributed by atoms with E-state index >= 15 is 0 Å². The van der Waals surface area contributed by atoms with Crippen molar-refractivity contribution in [3.05, 3.63) is 29.3 Å². The fourth-order valence-corrected chi connectivity index (χ4v) is 5.55. The number of para-hydroxylation sites is 1. The first-order chi connectivity index (χ1) is 14.5. The van der Waals surface area contributed by atoms with Crippen LogP contribution in [0.15, 0.2) is 24.3 Å². The Morgan fingerprint density at radius 2 is 1.80 bits per heavy atom. The van der Waals surface area contributed by atoms with Gasteiger partial charge in [-0.1, -0.05) is 31.4 Å². The summed E-state index contributed by atoms with van der Waals surface area (Å²) < 4.78 is 1.05. The molecule has 5 atom stereocenters. The zero-order chi connectivity index (χ0) is 21.5. The van der Waals surface area contributed by atoms with Crippen LogP contribution in [0.25, 0.3) is 10.2 Å². The number of carbonyl (C=O) groups excluding carboxylic acids is 1. The lowest BCUT2D eigenvalue weighted by Gasteiger charge is -2.24. The van der Waals surface area contributed by atoms with Crippen LogP contribution in [0.2, 0.25) is 0 Å². The summed E-state index contributed by atoms with van der Waals surface area (Å²) in [5.41, 5.74) is 2.53. The van der Waals surface area contributed by atoms with Crippen molar-refractivity contribution in [3.63, 3.8) is 0 Å². The maximum atomic E-state index is 11.0. The zero-order valence-electron chi connectivity index (χ0n) is 17.1. The van der Waals surface area contributed by atoms with Crippen LogP contribution in [0.1, 0.15) is 68.9 Å². The topological polar surface area (TPSA) is 123 Å². The smallest absolute Gasteiger partial charge is 0.243 e. The summed E-state index contributed by atoms with van der Waals surface area (Å²) in [6.45, 7) is 0. The monoisotopic (exact) mass is 436 g/mol. The largest absolute Gasteiger partial charge is 0.393 e. The minimum atomic E-state index is -0.661. The number of hydrogen-bond donors (Lipinski definition) is 5. The Labute approximate surface area is 180 Å². The number of thiazole rings is 1. The third kappa shape index (κ3) is 5.98. The lowest BCUT2D eigenvalue weighted by molar-refractivity contribution is -0.129. The Bertz CT molecular complexity index is 781. The highest BCUT2D eigenvalue weighted by molar-refractivity contribution is 7.18. The molecule has 0 radical (unpaired) electrons. The van der Waals surface area contributed by atoms with Gasteiger partial charge in [0.25, 0.3) is 0 Å². The minimum absolute atomic E-state index is 0.0239. The van der Waals surface area contributed by atoms with Gasteiger partial charge in [-0.25, -0.2) is 10.5 Å². The van der Waals surface area contributed by atoms with Gasteiger partial charge in [0.05, 0.1) is 22.4 Å². The molecule has 2 aromatic rings. The van der Waals surface area contributed by atoms with Gasteiger partial charge in [-0.15, -0.1) is 11.3 Å². The number of hydrogen-bond acceptors (Lipinski definition) is 7. The van der Waals surface area contributed by atoms with Crippen molar-refractivity contribution in [2.75, 3.05) is 0 Å². The van der Waals surface area contributed by atoms with Gasteiger partial charge in [0.15, 0.2) is 0 Å². The fourth-order valence-electron chi connectivity index (χ4n) is 4.56. The van der Waals surface area contributed by atoms with Gasteiger partial charge in [0, 0.05) is 6.42 Å². The number of unbranched alkanes of at least 4 members (excludes halogenated alkanes) is 3. The Morgan fingerprint density at radius 1 is 1.10 bits per heavy atom. The van der Waals surface area contributed by atoms with Gasteiger partial charge >= 0.3 is 0 Å². The van der Waals surface area contributed by atoms with Crippen molar-refractivity contribution in [2.24, 2.45) is 11.8 Å². The lowest BCUT2D eigenvalue weighted by Crippen LogP contribution is -2.23. The maximum absolute atomic E-state index is 11.0. The number of benzene rings is 1. The second-order valence-electron chi connectivity index (χ2n) is 8.30. The number of aliphatic hydroxyl groups excluding tert-OH is 3. The summed E-state index contributed by atoms with van der Waals surface area (Å²) in [6.07, 6.45) is 4.46. The average Bonchev–Trinajstić information content (AvgIpc) is 3.29. The third-order valence-corrected chi connectivity index (χ3v) is 7.34. The molecule has 30 heavy (non-hydrogen) atoms. The molecule has 0 saturated heterocycles. The molecule has 1 aliphatic carbocycles. The van der Waals surface area contributed by atoms with Gasteiger partial charge < -0.3 is 15.3 Å². The van der Waals surface area contributed by atoms with Crippen molar-refractivity contribution in [1.29, 1.82) is 0 Å². The molecule has 1 amide bonds. The summed E-state index contributed by atoms with van der Waals surface area (Å²) in [4.78, 5) is 15.5. The van der Waals surface area contributed by atoms with E-state index in [0.29, 0.717) is 30.7 Å². The molecule has 1 aromatic carbocycles. The number of aromatic nitrogens is 1. The molecule has 0 bridgehead atoms. The van der Waals surface area contributed by atoms with E-state index in [0.717, 1.165) is 42.3 Å². The zero-order valence-corrected chi connectivity index (χ0v) is 17.9. The summed E-state index contributed by atoms with van der Waals surface area (Å²) in [6, 6.07) is 7.82. The molecule has 1 aromatic heterocycles. The number of amides is 1. The first-order valence-electron chi connectivity index (χ1n) is 10.8. The van der Waals surface area contributed by atoms with Crippen LogP contribution in [0.3, 0.4) is 0 Å². The standard InChI is InChI=1S/C22H32N2O5S/c25-17(22-23-16-8-5-6-9-20(16)30-22)12-11-15-14(18(26)13-19(15)27)7-3-1-2-4-10-21(28)24-29/h5-6,8-9,14-15,17-19,25-27,29H,1-4,7,10-13H2,(H,24,28)/t14?,15?,17?,18-,19+/m0/s1. The Morgan fingerprint density at radius 3 is 2.53 bits per heavy atom. The van der Waals surface area contributed by atoms with Crippen LogP contribution in [0, 0.1) is 11.8 Å². The van der Waals surface area contributed by atoms with Crippen molar-refractivity contribution in [3.8, 4) is 0 Å². The molecule has 0 spiro atoms. The molecule has 3 unspecified atom stereocenters. The van der Waals surface area contributed by atoms with Crippen LogP contribution < -0.4 is 5.48 Å². The molecule has 1 heterocycles. The minimum Gasteiger partial charge on any atom is -0.393 e. The summed E-state index contributed by atoms with van der Waals surface area (Å²) in [7, 11) is 0. The van der Waals surface area contributed by atoms with E-state index in [1.165, 1.54) is 11.3 Å². The maximum Gasteiger partial charge on any atom is 0.243 e. The number of rotatable bonds is 11. The molecule has 0 aliphatic heterocycles. The van der Waals surface area contributed by atoms with E-state index in [9.17, 15) is 20.1 Å². The van der Waals surface area contributed by atoms with Crippen LogP contribution in [-0.2, 0) is 4.79 Å². The predicted octanol–water partition coefficient (Wildman–Crippen LogP) is 3.31. The Balaban J connectivity index is 1.46. The second kappa shape index (κ2) is 11.2. The molecule has 166 valence electrons. The van der Waals surface area contributed by atoms with Crippen LogP contribution in [0.4, 0.5) is 0 Å². The van der Waals surface area contributed by atoms with Crippen LogP contribution in [-0.4, -0.2) is 43.6 Å². The number of nitrogens with zero attached hydrogens (tertiary/aromatic N) is 1. The van der Waals surface area contributed by atoms with Crippen molar-refractivity contribution in [2.45, 2.75) is 76.1 Å². The van der Waals surface area contributed by atoms with E-state index < -0.39 is 18.3 Å². The molecule has 1 fully saturated rings. The number of carbonyl (C=O) groups is 1. The number of aliphatic hydroxyl groups is 3. The van der Waals surface area contributed by atoms with Gasteiger partial charge in [-0.3, -0.25) is 10.0 Å². The highest BCUT2D eigenvalue weighted by Gasteiger charge is 2.41. The second-order valence-corrected chi connectivity index (χ2v) is 9.36. The number of nitrogens with one attached hydrogen (secondary N) is 1. The molecular weight excluding hydrogens is 404 g/mol. The average molecular weight is 437 g/mol. The van der Waals surface area contributed by atoms with Gasteiger partial charge in [-0.05, 0) is 56.1 Å². The van der Waals surface area contributed by atoms with Crippen molar-refractivity contribution in [1.82, 2.24) is 10.5 Å². The normalized spacial score (nSPS) is 24.9. The van der Waals surface area contributed by atoms with E-state index in [1.807, 2.05) is 24.3 Å². The van der Waals surface area contributed by atoms with Crippen LogP contribution >= 0.6 is 11.3 Å². The molecular formula is C22H32N2O5S. The first-order valence-corrected chi connectivity index (χ1v) is 11.6. The number of fused-ring (bicyclic) bond motifs is 1. The van der Waals surface area contributed by atoms with E-state index in [1.54, 1.807) is 5.48 Å². The molecule has 1 aliphatic rings. The quantitative estimate of drug-likeness (QED) is 0.209. The molecule has 8 heteroatoms. The Kier molecular flexibility index (Phi) is 8.59. The summed E-state index contributed by atoms with van der Waals surface area (Å²) >= 11 is 1.50. The van der Waals surface area contributed by atoms with Crippen molar-refractivity contribution >= 4 is 27.5 Å². The lowest BCUT2D eigenvalue weighted by atomic mass is 9.85. The molecule has 1 saturated carbocycles. The summed E-state index contributed by atoms with van der Waals surface area (Å²) in [5.74, 6) is -0.358. The SMILES string of the molecule is O=C(CCCCCCC1C(CCC(O)c2nc3ccccc3s2)[C@H](O)C[C@@H]1O)NO. The van der Waals surface area contributed by atoms with Gasteiger partial charge in [0.2, 0.25) is 5.91 Å². The van der Waals surface area contributed by atoms with E-state index in [2.05, 4.69) is 4.98 Å². The fraction of sp³-hybridized carbons (Fsp3) is 0.636. The third-order valence-electron chi connectivity index (χ3n) is 6.21.